The van der Waals surface area contributed by atoms with Crippen LogP contribution in [-0.2, 0) is 4.74 Å². The molecule has 126 valence electrons. The molecule has 2 rings (SSSR count). The molecule has 6 heteroatoms. The first-order valence-corrected chi connectivity index (χ1v) is 8.64. The molecule has 1 heterocycles. The van der Waals surface area contributed by atoms with Gasteiger partial charge in [0, 0.05) is 12.6 Å². The zero-order chi connectivity index (χ0) is 17.0. The van der Waals surface area contributed by atoms with Crippen LogP contribution in [0.3, 0.4) is 0 Å². The summed E-state index contributed by atoms with van der Waals surface area (Å²) in [6.45, 7) is 10.2. The summed E-state index contributed by atoms with van der Waals surface area (Å²) in [4.78, 5) is 16.4. The number of carbonyl (C=O) groups excluding carboxylic acids is 1. The maximum Gasteiger partial charge on any atom is 0.407 e. The first kappa shape index (κ1) is 17.7. The summed E-state index contributed by atoms with van der Waals surface area (Å²) in [5, 5.41) is 7.29. The summed E-state index contributed by atoms with van der Waals surface area (Å²) in [5.41, 5.74) is 0.548. The number of hydrogen-bond acceptors (Lipinski definition) is 5. The Labute approximate surface area is 141 Å². The Morgan fingerprint density at radius 2 is 2.00 bits per heavy atom. The third-order valence-corrected chi connectivity index (χ3v) is 4.39. The molecule has 23 heavy (non-hydrogen) atoms. The van der Waals surface area contributed by atoms with Gasteiger partial charge in [-0.3, -0.25) is 0 Å². The Bertz CT molecular complexity index is 630. The van der Waals surface area contributed by atoms with Crippen molar-refractivity contribution in [3.63, 3.8) is 0 Å². The first-order valence-electron chi connectivity index (χ1n) is 7.83. The van der Waals surface area contributed by atoms with Crippen molar-refractivity contribution in [2.24, 2.45) is 0 Å². The van der Waals surface area contributed by atoms with Crippen molar-refractivity contribution in [1.82, 2.24) is 15.6 Å². The van der Waals surface area contributed by atoms with E-state index in [2.05, 4.69) is 28.6 Å². The number of fused-ring (bicyclic) bond motifs is 1. The highest BCUT2D eigenvalue weighted by molar-refractivity contribution is 7.18. The van der Waals surface area contributed by atoms with E-state index in [9.17, 15) is 4.79 Å². The molecule has 0 aliphatic carbocycles. The third kappa shape index (κ3) is 5.48. The molecule has 0 aliphatic rings. The molecular formula is C17H25N3O2S. The topological polar surface area (TPSA) is 63.2 Å². The Morgan fingerprint density at radius 1 is 1.30 bits per heavy atom. The number of aromatic nitrogens is 1. The van der Waals surface area contributed by atoms with Gasteiger partial charge in [0.25, 0.3) is 0 Å². The molecule has 2 atom stereocenters. The van der Waals surface area contributed by atoms with Crippen LogP contribution in [0.25, 0.3) is 10.2 Å². The van der Waals surface area contributed by atoms with E-state index < -0.39 is 5.60 Å². The Hall–Kier alpha value is -1.66. The van der Waals surface area contributed by atoms with Crippen molar-refractivity contribution in [3.05, 3.63) is 29.3 Å². The molecule has 0 aliphatic heterocycles. The van der Waals surface area contributed by atoms with Crippen LogP contribution >= 0.6 is 11.3 Å². The zero-order valence-corrected chi connectivity index (χ0v) is 15.2. The summed E-state index contributed by atoms with van der Waals surface area (Å²) in [6, 6.07) is 8.23. The van der Waals surface area contributed by atoms with Gasteiger partial charge in [0.1, 0.15) is 10.6 Å². The molecule has 0 fully saturated rings. The number of thiazole rings is 1. The van der Waals surface area contributed by atoms with Gasteiger partial charge < -0.3 is 15.4 Å². The molecule has 0 bridgehead atoms. The van der Waals surface area contributed by atoms with E-state index in [4.69, 9.17) is 4.74 Å². The molecular weight excluding hydrogens is 310 g/mol. The molecule has 2 unspecified atom stereocenters. The molecule has 2 aromatic rings. The van der Waals surface area contributed by atoms with Gasteiger partial charge in [0.15, 0.2) is 0 Å². The Morgan fingerprint density at radius 3 is 2.65 bits per heavy atom. The van der Waals surface area contributed by atoms with E-state index in [0.29, 0.717) is 6.54 Å². The number of para-hydroxylation sites is 1. The summed E-state index contributed by atoms with van der Waals surface area (Å²) in [7, 11) is 0. The molecule has 0 radical (unpaired) electrons. The van der Waals surface area contributed by atoms with Crippen molar-refractivity contribution in [2.45, 2.75) is 52.3 Å². The number of nitrogens with zero attached hydrogens (tertiary/aromatic N) is 1. The lowest BCUT2D eigenvalue weighted by Gasteiger charge is -2.22. The molecule has 1 amide bonds. The van der Waals surface area contributed by atoms with E-state index in [1.165, 1.54) is 4.70 Å². The van der Waals surface area contributed by atoms with E-state index in [-0.39, 0.29) is 18.2 Å². The van der Waals surface area contributed by atoms with Gasteiger partial charge in [-0.1, -0.05) is 12.1 Å². The molecule has 1 aromatic carbocycles. The van der Waals surface area contributed by atoms with Crippen LogP contribution in [0, 0.1) is 0 Å². The van der Waals surface area contributed by atoms with E-state index in [1.54, 1.807) is 11.3 Å². The van der Waals surface area contributed by atoms with Crippen molar-refractivity contribution < 1.29 is 9.53 Å². The minimum Gasteiger partial charge on any atom is -0.444 e. The van der Waals surface area contributed by atoms with E-state index >= 15 is 0 Å². The minimum atomic E-state index is -0.481. The predicted molar refractivity (Wildman–Crippen MR) is 94.9 cm³/mol. The standard InChI is InChI=1S/C17H25N3O2S/c1-11(19-16(21)22-17(3,4)5)10-18-12(2)15-20-13-8-6-7-9-14(13)23-15/h6-9,11-12,18H,10H2,1-5H3,(H,19,21). The van der Waals surface area contributed by atoms with Crippen LogP contribution < -0.4 is 10.6 Å². The van der Waals surface area contributed by atoms with Gasteiger partial charge in [-0.2, -0.15) is 0 Å². The quantitative estimate of drug-likeness (QED) is 0.871. The highest BCUT2D eigenvalue weighted by Crippen LogP contribution is 2.25. The molecule has 0 saturated heterocycles. The minimum absolute atomic E-state index is 0.0262. The number of rotatable bonds is 5. The van der Waals surface area contributed by atoms with Crippen molar-refractivity contribution >= 4 is 27.6 Å². The fourth-order valence-electron chi connectivity index (χ4n) is 2.08. The molecule has 0 spiro atoms. The summed E-state index contributed by atoms with van der Waals surface area (Å²) >= 11 is 1.69. The summed E-state index contributed by atoms with van der Waals surface area (Å²) in [5.74, 6) is 0. The summed E-state index contributed by atoms with van der Waals surface area (Å²) in [6.07, 6.45) is -0.389. The smallest absolute Gasteiger partial charge is 0.407 e. The largest absolute Gasteiger partial charge is 0.444 e. The second-order valence-electron chi connectivity index (χ2n) is 6.70. The number of alkyl carbamates (subject to hydrolysis) is 1. The predicted octanol–water partition coefficient (Wildman–Crippen LogP) is 3.86. The van der Waals surface area contributed by atoms with Crippen LogP contribution in [0.5, 0.6) is 0 Å². The number of carbonyl (C=O) groups is 1. The maximum absolute atomic E-state index is 11.7. The van der Waals surface area contributed by atoms with Gasteiger partial charge >= 0.3 is 6.09 Å². The highest BCUT2D eigenvalue weighted by Gasteiger charge is 2.18. The number of benzene rings is 1. The molecule has 2 N–H and O–H groups in total. The van der Waals surface area contributed by atoms with Crippen molar-refractivity contribution in [1.29, 1.82) is 0 Å². The normalized spacial score (nSPS) is 14.5. The van der Waals surface area contributed by atoms with Crippen LogP contribution in [0.1, 0.15) is 45.7 Å². The van der Waals surface area contributed by atoms with Gasteiger partial charge in [-0.05, 0) is 46.8 Å². The highest BCUT2D eigenvalue weighted by atomic mass is 32.1. The maximum atomic E-state index is 11.7. The zero-order valence-electron chi connectivity index (χ0n) is 14.3. The van der Waals surface area contributed by atoms with Crippen LogP contribution in [0.15, 0.2) is 24.3 Å². The molecule has 5 nitrogen and oxygen atoms in total. The number of ether oxygens (including phenoxy) is 1. The average Bonchev–Trinajstić information content (AvgIpc) is 2.86. The first-order chi connectivity index (χ1) is 10.7. The number of nitrogens with one attached hydrogen (secondary N) is 2. The fourth-order valence-corrected chi connectivity index (χ4v) is 3.07. The monoisotopic (exact) mass is 335 g/mol. The Balaban J connectivity index is 1.83. The van der Waals surface area contributed by atoms with Gasteiger partial charge in [-0.15, -0.1) is 11.3 Å². The van der Waals surface area contributed by atoms with Gasteiger partial charge in [0.05, 0.1) is 16.3 Å². The van der Waals surface area contributed by atoms with Crippen molar-refractivity contribution in [3.8, 4) is 0 Å². The lowest BCUT2D eigenvalue weighted by atomic mass is 10.2. The van der Waals surface area contributed by atoms with Gasteiger partial charge in [0.2, 0.25) is 0 Å². The van der Waals surface area contributed by atoms with E-state index in [0.717, 1.165) is 10.5 Å². The second-order valence-corrected chi connectivity index (χ2v) is 7.76. The lowest BCUT2D eigenvalue weighted by Crippen LogP contribution is -2.43. The number of hydrogen-bond donors (Lipinski definition) is 2. The number of amides is 1. The fraction of sp³-hybridized carbons (Fsp3) is 0.529. The SMILES string of the molecule is CC(CNC(C)c1nc2ccccc2s1)NC(=O)OC(C)(C)C. The van der Waals surface area contributed by atoms with E-state index in [1.807, 2.05) is 45.9 Å². The average molecular weight is 335 g/mol. The molecule has 1 aromatic heterocycles. The molecule has 0 saturated carbocycles. The van der Waals surface area contributed by atoms with Crippen LogP contribution in [0.2, 0.25) is 0 Å². The van der Waals surface area contributed by atoms with Crippen LogP contribution in [-0.4, -0.2) is 29.3 Å². The van der Waals surface area contributed by atoms with Crippen LogP contribution in [0.4, 0.5) is 4.79 Å². The summed E-state index contributed by atoms with van der Waals surface area (Å²) < 4.78 is 6.44. The second kappa shape index (κ2) is 7.27. The third-order valence-electron chi connectivity index (χ3n) is 3.17. The van der Waals surface area contributed by atoms with Gasteiger partial charge in [-0.25, -0.2) is 9.78 Å². The van der Waals surface area contributed by atoms with Crippen molar-refractivity contribution in [2.75, 3.05) is 6.54 Å². The Kier molecular flexibility index (Phi) is 5.59. The lowest BCUT2D eigenvalue weighted by molar-refractivity contribution is 0.0507.